The van der Waals surface area contributed by atoms with Crippen molar-refractivity contribution in [3.05, 3.63) is 33.4 Å². The Morgan fingerprint density at radius 1 is 1.39 bits per heavy atom. The predicted octanol–water partition coefficient (Wildman–Crippen LogP) is 2.32. The number of benzene rings is 1. The number of ether oxygens (including phenoxy) is 1. The Labute approximate surface area is 120 Å². The molecule has 0 N–H and O–H groups in total. The van der Waals surface area contributed by atoms with Crippen molar-refractivity contribution < 1.29 is 14.3 Å². The molecule has 18 heavy (non-hydrogen) atoms. The zero-order valence-corrected chi connectivity index (χ0v) is 12.6. The van der Waals surface area contributed by atoms with Gasteiger partial charge in [-0.05, 0) is 47.7 Å². The maximum Gasteiger partial charge on any atom is 0.307 e. The third-order valence-corrected chi connectivity index (χ3v) is 3.23. The first kappa shape index (κ1) is 14.9. The maximum atomic E-state index is 12.2. The number of methoxy groups -OCH3 is 1. The number of carbonyl (C=O) groups is 2. The first-order chi connectivity index (χ1) is 8.58. The molecule has 0 saturated carbocycles. The molecule has 0 aliphatic heterocycles. The van der Waals surface area contributed by atoms with Gasteiger partial charge in [0.1, 0.15) is 0 Å². The zero-order valence-electron chi connectivity index (χ0n) is 10.5. The van der Waals surface area contributed by atoms with E-state index >= 15 is 0 Å². The molecule has 0 fully saturated rings. The summed E-state index contributed by atoms with van der Waals surface area (Å²) in [4.78, 5) is 24.9. The average molecular weight is 361 g/mol. The molecule has 5 heteroatoms. The summed E-state index contributed by atoms with van der Waals surface area (Å²) >= 11 is 2.17. The lowest BCUT2D eigenvalue weighted by atomic mass is 10.2. The van der Waals surface area contributed by atoms with Gasteiger partial charge in [0.25, 0.3) is 5.91 Å². The lowest BCUT2D eigenvalue weighted by Gasteiger charge is -2.20. The Morgan fingerprint density at radius 3 is 2.67 bits per heavy atom. The summed E-state index contributed by atoms with van der Waals surface area (Å²) in [5.41, 5.74) is 0.647. The van der Waals surface area contributed by atoms with E-state index < -0.39 is 0 Å². The first-order valence-electron chi connectivity index (χ1n) is 5.70. The third-order valence-electron chi connectivity index (χ3n) is 2.55. The molecule has 4 nitrogen and oxygen atoms in total. The van der Waals surface area contributed by atoms with Gasteiger partial charge in [0.2, 0.25) is 0 Å². The minimum absolute atomic E-state index is 0.0556. The highest BCUT2D eigenvalue weighted by Gasteiger charge is 2.15. The summed E-state index contributed by atoms with van der Waals surface area (Å²) in [5.74, 6) is -0.358. The van der Waals surface area contributed by atoms with E-state index in [9.17, 15) is 9.59 Å². The fourth-order valence-electron chi connectivity index (χ4n) is 1.54. The average Bonchev–Trinajstić information content (AvgIpc) is 2.38. The van der Waals surface area contributed by atoms with E-state index in [1.807, 2.05) is 25.1 Å². The van der Waals surface area contributed by atoms with Crippen LogP contribution < -0.4 is 0 Å². The van der Waals surface area contributed by atoms with Crippen LogP contribution in [0.5, 0.6) is 0 Å². The molecule has 0 bridgehead atoms. The van der Waals surface area contributed by atoms with Crippen molar-refractivity contribution in [2.75, 3.05) is 20.2 Å². The van der Waals surface area contributed by atoms with Gasteiger partial charge in [-0.25, -0.2) is 0 Å². The highest BCUT2D eigenvalue weighted by atomic mass is 127. The van der Waals surface area contributed by atoms with Gasteiger partial charge in [-0.2, -0.15) is 0 Å². The monoisotopic (exact) mass is 361 g/mol. The number of hydrogen-bond acceptors (Lipinski definition) is 3. The Morgan fingerprint density at radius 2 is 2.11 bits per heavy atom. The lowest BCUT2D eigenvalue weighted by Crippen LogP contribution is -2.33. The van der Waals surface area contributed by atoms with E-state index in [0.717, 1.165) is 3.57 Å². The fourth-order valence-corrected chi connectivity index (χ4v) is 2.08. The molecule has 0 aliphatic carbocycles. The molecule has 0 aromatic heterocycles. The van der Waals surface area contributed by atoms with E-state index in [4.69, 9.17) is 0 Å². The van der Waals surface area contributed by atoms with Crippen LogP contribution in [0.4, 0.5) is 0 Å². The summed E-state index contributed by atoms with van der Waals surface area (Å²) in [6.45, 7) is 2.85. The molecule has 0 heterocycles. The van der Waals surface area contributed by atoms with E-state index in [0.29, 0.717) is 18.7 Å². The number of amides is 1. The Balaban J connectivity index is 2.70. The highest BCUT2D eigenvalue weighted by molar-refractivity contribution is 14.1. The summed E-state index contributed by atoms with van der Waals surface area (Å²) in [6, 6.07) is 7.40. The van der Waals surface area contributed by atoms with Gasteiger partial charge in [-0.3, -0.25) is 9.59 Å². The maximum absolute atomic E-state index is 12.2. The summed E-state index contributed by atoms with van der Waals surface area (Å²) in [5, 5.41) is 0. The van der Waals surface area contributed by atoms with Gasteiger partial charge in [0.15, 0.2) is 0 Å². The van der Waals surface area contributed by atoms with Crippen LogP contribution >= 0.6 is 22.6 Å². The Hall–Kier alpha value is -1.11. The number of carbonyl (C=O) groups excluding carboxylic acids is 2. The van der Waals surface area contributed by atoms with Crippen LogP contribution in [0.1, 0.15) is 23.7 Å². The Kier molecular flexibility index (Phi) is 6.11. The Bertz CT molecular complexity index is 434. The minimum Gasteiger partial charge on any atom is -0.469 e. The second kappa shape index (κ2) is 7.35. The third kappa shape index (κ3) is 4.29. The first-order valence-corrected chi connectivity index (χ1v) is 6.78. The van der Waals surface area contributed by atoms with Gasteiger partial charge < -0.3 is 9.64 Å². The van der Waals surface area contributed by atoms with Crippen LogP contribution in [0.25, 0.3) is 0 Å². The molecule has 1 aromatic rings. The quantitative estimate of drug-likeness (QED) is 0.597. The fraction of sp³-hybridized carbons (Fsp3) is 0.385. The molecular weight excluding hydrogens is 345 g/mol. The summed E-state index contributed by atoms with van der Waals surface area (Å²) in [6.07, 6.45) is 0.222. The molecular formula is C13H16INO3. The molecule has 1 amide bonds. The molecule has 0 radical (unpaired) electrons. The zero-order chi connectivity index (χ0) is 13.5. The van der Waals surface area contributed by atoms with Crippen molar-refractivity contribution in [1.82, 2.24) is 4.90 Å². The predicted molar refractivity (Wildman–Crippen MR) is 77.4 cm³/mol. The lowest BCUT2D eigenvalue weighted by molar-refractivity contribution is -0.140. The van der Waals surface area contributed by atoms with Crippen LogP contribution in [-0.2, 0) is 9.53 Å². The largest absolute Gasteiger partial charge is 0.469 e. The van der Waals surface area contributed by atoms with Gasteiger partial charge in [-0.15, -0.1) is 0 Å². The standard InChI is InChI=1S/C13H16INO3/c1-3-15(8-7-12(16)18-2)13(17)10-5-4-6-11(14)9-10/h4-6,9H,3,7-8H2,1-2H3. The molecule has 1 aromatic carbocycles. The SMILES string of the molecule is CCN(CCC(=O)OC)C(=O)c1cccc(I)c1. The molecule has 0 unspecified atom stereocenters. The van der Waals surface area contributed by atoms with Gasteiger partial charge in [0, 0.05) is 22.2 Å². The van der Waals surface area contributed by atoms with Gasteiger partial charge >= 0.3 is 5.97 Å². The van der Waals surface area contributed by atoms with Crippen LogP contribution in [0.15, 0.2) is 24.3 Å². The van der Waals surface area contributed by atoms with Crippen molar-refractivity contribution in [3.8, 4) is 0 Å². The van der Waals surface area contributed by atoms with Crippen LogP contribution in [-0.4, -0.2) is 37.0 Å². The van der Waals surface area contributed by atoms with Crippen molar-refractivity contribution in [2.24, 2.45) is 0 Å². The van der Waals surface area contributed by atoms with Crippen molar-refractivity contribution in [3.63, 3.8) is 0 Å². The minimum atomic E-state index is -0.302. The smallest absolute Gasteiger partial charge is 0.307 e. The summed E-state index contributed by atoms with van der Waals surface area (Å²) < 4.78 is 5.59. The van der Waals surface area contributed by atoms with Gasteiger partial charge in [-0.1, -0.05) is 6.07 Å². The molecule has 0 saturated heterocycles. The van der Waals surface area contributed by atoms with Crippen molar-refractivity contribution in [2.45, 2.75) is 13.3 Å². The molecule has 0 aliphatic rings. The number of halogens is 1. The van der Waals surface area contributed by atoms with Gasteiger partial charge in [0.05, 0.1) is 13.5 Å². The number of hydrogen-bond donors (Lipinski definition) is 0. The van der Waals surface area contributed by atoms with E-state index in [1.165, 1.54) is 7.11 Å². The van der Waals surface area contributed by atoms with E-state index in [-0.39, 0.29) is 18.3 Å². The van der Waals surface area contributed by atoms with E-state index in [2.05, 4.69) is 27.3 Å². The second-order valence-corrected chi connectivity index (χ2v) is 4.97. The molecule has 0 atom stereocenters. The number of esters is 1. The molecule has 0 spiro atoms. The van der Waals surface area contributed by atoms with Crippen LogP contribution in [0.2, 0.25) is 0 Å². The number of rotatable bonds is 5. The second-order valence-electron chi connectivity index (χ2n) is 3.72. The van der Waals surface area contributed by atoms with E-state index in [1.54, 1.807) is 11.0 Å². The normalized spacial score (nSPS) is 9.94. The van der Waals surface area contributed by atoms with Crippen molar-refractivity contribution >= 4 is 34.5 Å². The molecule has 98 valence electrons. The van der Waals surface area contributed by atoms with Crippen molar-refractivity contribution in [1.29, 1.82) is 0 Å². The van der Waals surface area contributed by atoms with Crippen LogP contribution in [0, 0.1) is 3.57 Å². The summed E-state index contributed by atoms with van der Waals surface area (Å²) in [7, 11) is 1.35. The highest BCUT2D eigenvalue weighted by Crippen LogP contribution is 2.10. The number of nitrogens with zero attached hydrogens (tertiary/aromatic N) is 1. The topological polar surface area (TPSA) is 46.6 Å². The molecule has 1 rings (SSSR count). The van der Waals surface area contributed by atoms with Crippen LogP contribution in [0.3, 0.4) is 0 Å².